The molecule has 1 aromatic carbocycles. The zero-order valence-corrected chi connectivity index (χ0v) is 13.8. The third-order valence-electron chi connectivity index (χ3n) is 3.33. The molecule has 0 spiro atoms. The van der Waals surface area contributed by atoms with Gasteiger partial charge >= 0.3 is 5.97 Å². The van der Waals surface area contributed by atoms with Crippen LogP contribution >= 0.6 is 0 Å². The SMILES string of the molecule is COc1ccc(N[C@H](C(=O)OC(C)C)[C@H](C=O)C(C)C)cc1. The molecule has 0 aromatic heterocycles. The van der Waals surface area contributed by atoms with Crippen molar-refractivity contribution >= 4 is 17.9 Å². The van der Waals surface area contributed by atoms with Crippen molar-refractivity contribution in [2.45, 2.75) is 39.8 Å². The van der Waals surface area contributed by atoms with Crippen LogP contribution < -0.4 is 10.1 Å². The molecule has 0 aliphatic carbocycles. The molecule has 0 bridgehead atoms. The van der Waals surface area contributed by atoms with Gasteiger partial charge in [-0.1, -0.05) is 13.8 Å². The highest BCUT2D eigenvalue weighted by atomic mass is 16.5. The monoisotopic (exact) mass is 307 g/mol. The van der Waals surface area contributed by atoms with Crippen LogP contribution in [0.15, 0.2) is 24.3 Å². The van der Waals surface area contributed by atoms with E-state index in [2.05, 4.69) is 5.32 Å². The fourth-order valence-electron chi connectivity index (χ4n) is 2.11. The molecule has 0 saturated heterocycles. The van der Waals surface area contributed by atoms with Gasteiger partial charge in [0.05, 0.1) is 13.2 Å². The highest BCUT2D eigenvalue weighted by Crippen LogP contribution is 2.21. The predicted octanol–water partition coefficient (Wildman–Crippen LogP) is 2.90. The van der Waals surface area contributed by atoms with Crippen molar-refractivity contribution in [3.63, 3.8) is 0 Å². The third-order valence-corrected chi connectivity index (χ3v) is 3.33. The molecule has 0 radical (unpaired) electrons. The number of esters is 1. The first-order chi connectivity index (χ1) is 10.4. The topological polar surface area (TPSA) is 64.6 Å². The quantitative estimate of drug-likeness (QED) is 0.591. The Morgan fingerprint density at radius 3 is 2.14 bits per heavy atom. The second kappa shape index (κ2) is 8.41. The molecular weight excluding hydrogens is 282 g/mol. The highest BCUT2D eigenvalue weighted by Gasteiger charge is 2.32. The Kier molecular flexibility index (Phi) is 6.89. The number of hydrogen-bond acceptors (Lipinski definition) is 5. The molecule has 0 amide bonds. The molecular formula is C17H25NO4. The van der Waals surface area contributed by atoms with E-state index in [1.54, 1.807) is 45.2 Å². The van der Waals surface area contributed by atoms with Gasteiger partial charge in [0.2, 0.25) is 0 Å². The van der Waals surface area contributed by atoms with Crippen molar-refractivity contribution in [3.05, 3.63) is 24.3 Å². The Morgan fingerprint density at radius 1 is 1.14 bits per heavy atom. The average Bonchev–Trinajstić information content (AvgIpc) is 2.46. The summed E-state index contributed by atoms with van der Waals surface area (Å²) in [5.74, 6) is -0.138. The zero-order valence-electron chi connectivity index (χ0n) is 13.8. The molecule has 0 aliphatic rings. The molecule has 1 N–H and O–H groups in total. The van der Waals surface area contributed by atoms with Crippen LogP contribution in [-0.2, 0) is 14.3 Å². The lowest BCUT2D eigenvalue weighted by Gasteiger charge is -2.27. The molecule has 0 unspecified atom stereocenters. The van der Waals surface area contributed by atoms with Crippen LogP contribution in [0.4, 0.5) is 5.69 Å². The summed E-state index contributed by atoms with van der Waals surface area (Å²) in [4.78, 5) is 23.7. The number of nitrogens with one attached hydrogen (secondary N) is 1. The summed E-state index contributed by atoms with van der Waals surface area (Å²) in [7, 11) is 1.59. The van der Waals surface area contributed by atoms with Crippen LogP contribution in [0.5, 0.6) is 5.75 Å². The minimum absolute atomic E-state index is 0.0213. The molecule has 0 aliphatic heterocycles. The van der Waals surface area contributed by atoms with Crippen molar-refractivity contribution in [2.75, 3.05) is 12.4 Å². The molecule has 1 aromatic rings. The predicted molar refractivity (Wildman–Crippen MR) is 86.0 cm³/mol. The summed E-state index contributed by atoms with van der Waals surface area (Å²) in [6, 6.07) is 6.47. The van der Waals surface area contributed by atoms with Gasteiger partial charge in [-0.15, -0.1) is 0 Å². The van der Waals surface area contributed by atoms with Crippen LogP contribution in [-0.4, -0.2) is 31.5 Å². The van der Waals surface area contributed by atoms with Gasteiger partial charge in [0.1, 0.15) is 18.1 Å². The van der Waals surface area contributed by atoms with Crippen LogP contribution in [0.1, 0.15) is 27.7 Å². The van der Waals surface area contributed by atoms with Crippen molar-refractivity contribution in [2.24, 2.45) is 11.8 Å². The molecule has 0 heterocycles. The van der Waals surface area contributed by atoms with Crippen LogP contribution in [0.25, 0.3) is 0 Å². The number of anilines is 1. The molecule has 22 heavy (non-hydrogen) atoms. The Labute approximate surface area is 132 Å². The maximum absolute atomic E-state index is 12.3. The summed E-state index contributed by atoms with van der Waals surface area (Å²) >= 11 is 0. The summed E-state index contributed by atoms with van der Waals surface area (Å²) in [6.45, 7) is 7.39. The van der Waals surface area contributed by atoms with Gasteiger partial charge in [-0.2, -0.15) is 0 Å². The van der Waals surface area contributed by atoms with Crippen molar-refractivity contribution in [1.29, 1.82) is 0 Å². The van der Waals surface area contributed by atoms with E-state index < -0.39 is 17.9 Å². The number of carbonyl (C=O) groups is 2. The average molecular weight is 307 g/mol. The lowest BCUT2D eigenvalue weighted by Crippen LogP contribution is -2.42. The first kappa shape index (κ1) is 18.0. The van der Waals surface area contributed by atoms with Gasteiger partial charge in [-0.25, -0.2) is 4.79 Å². The van der Waals surface area contributed by atoms with E-state index in [0.29, 0.717) is 0 Å². The largest absolute Gasteiger partial charge is 0.497 e. The van der Waals surface area contributed by atoms with E-state index in [1.165, 1.54) is 0 Å². The number of ether oxygens (including phenoxy) is 2. The molecule has 5 nitrogen and oxygen atoms in total. The number of hydrogen-bond donors (Lipinski definition) is 1. The lowest BCUT2D eigenvalue weighted by atomic mass is 9.89. The lowest BCUT2D eigenvalue weighted by molar-refractivity contribution is -0.151. The summed E-state index contributed by atoms with van der Waals surface area (Å²) in [5, 5.41) is 3.11. The third kappa shape index (κ3) is 5.06. The summed E-state index contributed by atoms with van der Waals surface area (Å²) in [6.07, 6.45) is 0.583. The first-order valence-corrected chi connectivity index (χ1v) is 7.45. The maximum atomic E-state index is 12.3. The van der Waals surface area contributed by atoms with Crippen LogP contribution in [0.3, 0.4) is 0 Å². The van der Waals surface area contributed by atoms with Gasteiger partial charge in [-0.05, 0) is 44.0 Å². The minimum atomic E-state index is -0.715. The number of aldehydes is 1. The first-order valence-electron chi connectivity index (χ1n) is 7.45. The Bertz CT molecular complexity index is 482. The maximum Gasteiger partial charge on any atom is 0.329 e. The van der Waals surface area contributed by atoms with E-state index in [-0.39, 0.29) is 12.0 Å². The number of carbonyl (C=O) groups excluding carboxylic acids is 2. The van der Waals surface area contributed by atoms with E-state index >= 15 is 0 Å². The Hall–Kier alpha value is -2.04. The molecule has 1 rings (SSSR count). The van der Waals surface area contributed by atoms with Crippen LogP contribution in [0.2, 0.25) is 0 Å². The minimum Gasteiger partial charge on any atom is -0.497 e. The summed E-state index contributed by atoms with van der Waals surface area (Å²) in [5.41, 5.74) is 0.735. The number of methoxy groups -OCH3 is 1. The van der Waals surface area contributed by atoms with Gasteiger partial charge in [0.15, 0.2) is 0 Å². The molecule has 0 saturated carbocycles. The molecule has 0 fully saturated rings. The molecule has 2 atom stereocenters. The number of benzene rings is 1. The van der Waals surface area contributed by atoms with E-state index in [1.807, 2.05) is 13.8 Å². The fraction of sp³-hybridized carbons (Fsp3) is 0.529. The highest BCUT2D eigenvalue weighted by molar-refractivity contribution is 5.83. The second-order valence-electron chi connectivity index (χ2n) is 5.79. The van der Waals surface area contributed by atoms with Crippen molar-refractivity contribution in [1.82, 2.24) is 0 Å². The fourth-order valence-corrected chi connectivity index (χ4v) is 2.11. The summed E-state index contributed by atoms with van der Waals surface area (Å²) < 4.78 is 10.4. The number of rotatable bonds is 8. The smallest absolute Gasteiger partial charge is 0.329 e. The van der Waals surface area contributed by atoms with Crippen molar-refractivity contribution in [3.8, 4) is 5.75 Å². The van der Waals surface area contributed by atoms with E-state index in [9.17, 15) is 9.59 Å². The Balaban J connectivity index is 2.97. The molecule has 122 valence electrons. The van der Waals surface area contributed by atoms with E-state index in [4.69, 9.17) is 9.47 Å². The normalized spacial score (nSPS) is 13.6. The zero-order chi connectivity index (χ0) is 16.7. The molecule has 5 heteroatoms. The van der Waals surface area contributed by atoms with E-state index in [0.717, 1.165) is 17.7 Å². The van der Waals surface area contributed by atoms with Gasteiger partial charge in [0.25, 0.3) is 0 Å². The standard InChI is InChI=1S/C17H25NO4/c1-11(2)15(10-19)16(17(20)22-12(3)4)18-13-6-8-14(21-5)9-7-13/h6-12,15-16,18H,1-5H3/t15-,16+/m1/s1. The van der Waals surface area contributed by atoms with Gasteiger partial charge in [0, 0.05) is 11.6 Å². The Morgan fingerprint density at radius 2 is 1.73 bits per heavy atom. The van der Waals surface area contributed by atoms with Gasteiger partial charge in [-0.3, -0.25) is 0 Å². The van der Waals surface area contributed by atoms with Crippen molar-refractivity contribution < 1.29 is 19.1 Å². The van der Waals surface area contributed by atoms with Gasteiger partial charge < -0.3 is 19.6 Å². The second-order valence-corrected chi connectivity index (χ2v) is 5.79. The van der Waals surface area contributed by atoms with Crippen LogP contribution in [0, 0.1) is 11.8 Å².